The largest absolute Gasteiger partial charge is 0.494 e. The first-order valence-corrected chi connectivity index (χ1v) is 10.7. The summed E-state index contributed by atoms with van der Waals surface area (Å²) in [6, 6.07) is 13.9. The van der Waals surface area contributed by atoms with Crippen molar-refractivity contribution in [3.8, 4) is 5.75 Å². The van der Waals surface area contributed by atoms with E-state index in [1.807, 2.05) is 64.1 Å². The van der Waals surface area contributed by atoms with Crippen LogP contribution in [0, 0.1) is 12.8 Å². The molecule has 2 aromatic carbocycles. The number of carbonyl (C=O) groups excluding carboxylic acids is 1. The van der Waals surface area contributed by atoms with Crippen LogP contribution in [0.15, 0.2) is 47.5 Å². The lowest BCUT2D eigenvalue weighted by Crippen LogP contribution is -2.20. The molecular formula is C25H36N2O2. The number of ketones is 1. The third-order valence-electron chi connectivity index (χ3n) is 5.51. The number of nitrogens with two attached hydrogens (primary N) is 1. The van der Waals surface area contributed by atoms with Gasteiger partial charge in [-0.15, -0.1) is 0 Å². The van der Waals surface area contributed by atoms with E-state index in [0.717, 1.165) is 41.7 Å². The molecule has 0 amide bonds. The van der Waals surface area contributed by atoms with E-state index in [-0.39, 0.29) is 19.0 Å². The SMILES string of the molecule is CC.CCOc1ccccc1C1CCCC1C(=O)c1ccc(C)c(C(N)=NC)c1.[HH]. The summed E-state index contributed by atoms with van der Waals surface area (Å²) in [5, 5.41) is 0. The lowest BCUT2D eigenvalue weighted by atomic mass is 9.83. The second-order valence-corrected chi connectivity index (χ2v) is 7.12. The molecule has 2 N–H and O–H groups in total. The highest BCUT2D eigenvalue weighted by Crippen LogP contribution is 2.44. The van der Waals surface area contributed by atoms with Crippen LogP contribution in [-0.4, -0.2) is 25.3 Å². The molecule has 4 heteroatoms. The number of aryl methyl sites for hydroxylation is 1. The quantitative estimate of drug-likeness (QED) is 0.383. The molecule has 0 heterocycles. The highest BCUT2D eigenvalue weighted by Gasteiger charge is 2.36. The molecule has 0 spiro atoms. The summed E-state index contributed by atoms with van der Waals surface area (Å²) in [6.45, 7) is 8.60. The van der Waals surface area contributed by atoms with E-state index < -0.39 is 0 Å². The standard InChI is InChI=1S/C23H28N2O2.C2H6.H2/c1-4-27-21-11-6-5-8-18(21)17-9-7-10-19(17)22(26)16-13-12-15(2)20(14-16)23(24)25-3;1-2;/h5-6,8,11-14,17,19H,4,7,9-10H2,1-3H3,(H2,24,25);1-2H3;1H. The molecule has 1 fully saturated rings. The molecule has 0 aliphatic heterocycles. The number of nitrogens with zero attached hydrogens (tertiary/aromatic N) is 1. The Kier molecular flexibility index (Phi) is 8.44. The number of benzene rings is 2. The van der Waals surface area contributed by atoms with E-state index in [1.54, 1.807) is 7.05 Å². The number of hydrogen-bond donors (Lipinski definition) is 1. The van der Waals surface area contributed by atoms with Crippen molar-refractivity contribution in [3.05, 3.63) is 64.7 Å². The zero-order valence-corrected chi connectivity index (χ0v) is 18.4. The summed E-state index contributed by atoms with van der Waals surface area (Å²) in [7, 11) is 1.67. The van der Waals surface area contributed by atoms with Crippen molar-refractivity contribution < 1.29 is 11.0 Å². The van der Waals surface area contributed by atoms with Gasteiger partial charge in [0.2, 0.25) is 0 Å². The lowest BCUT2D eigenvalue weighted by molar-refractivity contribution is 0.0911. The summed E-state index contributed by atoms with van der Waals surface area (Å²) in [6.07, 6.45) is 2.97. The fourth-order valence-corrected chi connectivity index (χ4v) is 4.11. The van der Waals surface area contributed by atoms with Crippen LogP contribution in [0.25, 0.3) is 0 Å². The van der Waals surface area contributed by atoms with Gasteiger partial charge in [0, 0.05) is 25.5 Å². The Morgan fingerprint density at radius 2 is 1.93 bits per heavy atom. The third-order valence-corrected chi connectivity index (χ3v) is 5.51. The van der Waals surface area contributed by atoms with Gasteiger partial charge in [0.25, 0.3) is 0 Å². The number of amidine groups is 1. The van der Waals surface area contributed by atoms with Gasteiger partial charge in [0.15, 0.2) is 5.78 Å². The summed E-state index contributed by atoms with van der Waals surface area (Å²) >= 11 is 0. The molecule has 158 valence electrons. The van der Waals surface area contributed by atoms with E-state index in [4.69, 9.17) is 10.5 Å². The second-order valence-electron chi connectivity index (χ2n) is 7.12. The van der Waals surface area contributed by atoms with E-state index >= 15 is 0 Å². The van der Waals surface area contributed by atoms with Crippen molar-refractivity contribution in [3.63, 3.8) is 0 Å². The fraction of sp³-hybridized carbons (Fsp3) is 0.440. The summed E-state index contributed by atoms with van der Waals surface area (Å²) in [5.74, 6) is 1.72. The van der Waals surface area contributed by atoms with Crippen molar-refractivity contribution in [1.82, 2.24) is 0 Å². The van der Waals surface area contributed by atoms with Gasteiger partial charge in [0.1, 0.15) is 11.6 Å². The van der Waals surface area contributed by atoms with E-state index in [1.165, 1.54) is 0 Å². The van der Waals surface area contributed by atoms with Gasteiger partial charge in [-0.1, -0.05) is 50.6 Å². The van der Waals surface area contributed by atoms with Crippen molar-refractivity contribution in [1.29, 1.82) is 0 Å². The number of rotatable bonds is 6. The van der Waals surface area contributed by atoms with Crippen LogP contribution in [0.5, 0.6) is 5.75 Å². The minimum absolute atomic E-state index is 0. The highest BCUT2D eigenvalue weighted by atomic mass is 16.5. The monoisotopic (exact) mass is 396 g/mol. The van der Waals surface area contributed by atoms with Gasteiger partial charge in [0.05, 0.1) is 6.61 Å². The van der Waals surface area contributed by atoms with Crippen LogP contribution in [0.4, 0.5) is 0 Å². The Balaban J connectivity index is 0.00000146. The number of ether oxygens (including phenoxy) is 1. The minimum atomic E-state index is -0.0260. The van der Waals surface area contributed by atoms with E-state index in [2.05, 4.69) is 11.1 Å². The van der Waals surface area contributed by atoms with Crippen LogP contribution in [0.2, 0.25) is 0 Å². The predicted octanol–water partition coefficient (Wildman–Crippen LogP) is 5.77. The summed E-state index contributed by atoms with van der Waals surface area (Å²) in [5.41, 5.74) is 9.74. The fourth-order valence-electron chi connectivity index (χ4n) is 4.11. The van der Waals surface area contributed by atoms with Crippen LogP contribution in [-0.2, 0) is 0 Å². The maximum Gasteiger partial charge on any atom is 0.166 e. The number of aliphatic imine (C=N–C) groups is 1. The zero-order chi connectivity index (χ0) is 21.4. The van der Waals surface area contributed by atoms with Crippen LogP contribution < -0.4 is 10.5 Å². The van der Waals surface area contributed by atoms with Crippen LogP contribution >= 0.6 is 0 Å². The smallest absolute Gasteiger partial charge is 0.166 e. The molecule has 29 heavy (non-hydrogen) atoms. The molecule has 2 unspecified atom stereocenters. The summed E-state index contributed by atoms with van der Waals surface area (Å²) in [4.78, 5) is 17.4. The van der Waals surface area contributed by atoms with Gasteiger partial charge >= 0.3 is 0 Å². The molecule has 1 saturated carbocycles. The first kappa shape index (κ1) is 22.7. The van der Waals surface area contributed by atoms with Crippen molar-refractivity contribution >= 4 is 11.6 Å². The highest BCUT2D eigenvalue weighted by molar-refractivity contribution is 6.04. The Bertz CT molecular complexity index is 864. The van der Waals surface area contributed by atoms with Crippen LogP contribution in [0.1, 0.15) is 74.4 Å². The molecule has 1 aliphatic rings. The maximum atomic E-state index is 13.4. The van der Waals surface area contributed by atoms with E-state index in [9.17, 15) is 4.79 Å². The molecule has 1 aliphatic carbocycles. The van der Waals surface area contributed by atoms with Gasteiger partial charge in [-0.25, -0.2) is 0 Å². The molecule has 0 saturated heterocycles. The number of hydrogen-bond acceptors (Lipinski definition) is 3. The molecular weight excluding hydrogens is 360 g/mol. The van der Waals surface area contributed by atoms with Gasteiger partial charge in [-0.2, -0.15) is 0 Å². The average molecular weight is 397 g/mol. The Morgan fingerprint density at radius 3 is 2.62 bits per heavy atom. The molecule has 0 bridgehead atoms. The first-order chi connectivity index (χ1) is 14.1. The van der Waals surface area contributed by atoms with Crippen molar-refractivity contribution in [2.75, 3.05) is 13.7 Å². The molecule has 2 atom stereocenters. The summed E-state index contributed by atoms with van der Waals surface area (Å²) < 4.78 is 5.82. The third kappa shape index (κ3) is 5.06. The Morgan fingerprint density at radius 1 is 1.21 bits per heavy atom. The molecule has 2 aromatic rings. The normalized spacial score (nSPS) is 18.7. The molecule has 4 nitrogen and oxygen atoms in total. The average Bonchev–Trinajstić information content (AvgIpc) is 3.25. The molecule has 0 aromatic heterocycles. The zero-order valence-electron chi connectivity index (χ0n) is 18.4. The van der Waals surface area contributed by atoms with Gasteiger partial charge < -0.3 is 10.5 Å². The maximum absolute atomic E-state index is 13.4. The first-order valence-electron chi connectivity index (χ1n) is 10.7. The number of para-hydroxylation sites is 1. The molecule has 0 radical (unpaired) electrons. The van der Waals surface area contributed by atoms with Gasteiger partial charge in [-0.3, -0.25) is 9.79 Å². The Labute approximate surface area is 176 Å². The topological polar surface area (TPSA) is 64.7 Å². The van der Waals surface area contributed by atoms with E-state index in [0.29, 0.717) is 18.0 Å². The van der Waals surface area contributed by atoms with Crippen molar-refractivity contribution in [2.24, 2.45) is 16.6 Å². The predicted molar refractivity (Wildman–Crippen MR) is 123 cm³/mol. The molecule has 3 rings (SSSR count). The minimum Gasteiger partial charge on any atom is -0.494 e. The van der Waals surface area contributed by atoms with Crippen molar-refractivity contribution in [2.45, 2.75) is 52.9 Å². The Hall–Kier alpha value is -2.62. The number of carbonyl (C=O) groups is 1. The lowest BCUT2D eigenvalue weighted by Gasteiger charge is -2.22. The van der Waals surface area contributed by atoms with Gasteiger partial charge in [-0.05, 0) is 55.9 Å². The van der Waals surface area contributed by atoms with Crippen LogP contribution in [0.3, 0.4) is 0 Å². The number of Topliss-reactive ketones (excluding diaryl/α,β-unsaturated/α-hetero) is 1. The second kappa shape index (κ2) is 10.8.